The average molecular weight is 471 g/mol. The van der Waals surface area contributed by atoms with Gasteiger partial charge < -0.3 is 35.1 Å². The molecule has 0 fully saturated rings. The van der Waals surface area contributed by atoms with Crippen LogP contribution in [0.2, 0.25) is 0 Å². The predicted octanol–water partition coefficient (Wildman–Crippen LogP) is 3.94. The monoisotopic (exact) mass is 470 g/mol. The van der Waals surface area contributed by atoms with E-state index < -0.39 is 6.04 Å². The summed E-state index contributed by atoms with van der Waals surface area (Å²) in [5.74, 6) is 1.77. The van der Waals surface area contributed by atoms with Gasteiger partial charge in [0.25, 0.3) is 0 Å². The van der Waals surface area contributed by atoms with E-state index in [1.54, 1.807) is 38.4 Å². The van der Waals surface area contributed by atoms with E-state index in [0.717, 1.165) is 11.1 Å². The van der Waals surface area contributed by atoms with Crippen molar-refractivity contribution in [3.05, 3.63) is 47.5 Å². The smallest absolute Gasteiger partial charge is 0.322 e. The molecule has 3 rings (SSSR count). The summed E-state index contributed by atoms with van der Waals surface area (Å²) < 4.78 is 16.3. The fourth-order valence-corrected chi connectivity index (χ4v) is 4.00. The minimum absolute atomic E-state index is 0.226. The second-order valence-electron chi connectivity index (χ2n) is 9.08. The van der Waals surface area contributed by atoms with Crippen LogP contribution >= 0.6 is 0 Å². The highest BCUT2D eigenvalue weighted by molar-refractivity contribution is 5.91. The van der Waals surface area contributed by atoms with Crippen molar-refractivity contribution < 1.29 is 23.8 Å². The molecule has 1 heterocycles. The Kier molecular flexibility index (Phi) is 7.75. The molecule has 0 saturated heterocycles. The molecule has 1 atom stereocenters. The number of amides is 4. The molecule has 184 valence electrons. The molecular weight excluding hydrogens is 436 g/mol. The van der Waals surface area contributed by atoms with E-state index in [1.165, 1.54) is 0 Å². The number of para-hydroxylation sites is 2. The molecular formula is C25H34N4O5. The summed E-state index contributed by atoms with van der Waals surface area (Å²) in [6.45, 7) is 6.42. The zero-order valence-corrected chi connectivity index (χ0v) is 20.7. The quantitative estimate of drug-likeness (QED) is 0.594. The maximum Gasteiger partial charge on any atom is 0.322 e. The van der Waals surface area contributed by atoms with Crippen molar-refractivity contribution in [1.82, 2.24) is 15.5 Å². The van der Waals surface area contributed by atoms with Crippen LogP contribution in [0.25, 0.3) is 0 Å². The fourth-order valence-electron chi connectivity index (χ4n) is 4.00. The van der Waals surface area contributed by atoms with Crippen LogP contribution in [0.15, 0.2) is 36.4 Å². The number of carbonyl (C=O) groups is 2. The number of anilines is 1. The minimum atomic E-state index is -0.413. The first-order valence-electron chi connectivity index (χ1n) is 11.2. The number of hydrogen-bond acceptors (Lipinski definition) is 5. The first-order chi connectivity index (χ1) is 16.2. The van der Waals surface area contributed by atoms with Crippen LogP contribution in [-0.2, 0) is 6.42 Å². The van der Waals surface area contributed by atoms with Gasteiger partial charge in [-0.05, 0) is 62.6 Å². The molecule has 0 radical (unpaired) electrons. The summed E-state index contributed by atoms with van der Waals surface area (Å²) in [7, 11) is 4.72. The van der Waals surface area contributed by atoms with Crippen molar-refractivity contribution in [3.8, 4) is 17.2 Å². The highest BCUT2D eigenvalue weighted by Gasteiger charge is 2.33. The van der Waals surface area contributed by atoms with Gasteiger partial charge in [0.2, 0.25) is 0 Å². The molecule has 3 N–H and O–H groups in total. The third-order valence-corrected chi connectivity index (χ3v) is 5.56. The fraction of sp³-hybridized carbons (Fsp3) is 0.440. The summed E-state index contributed by atoms with van der Waals surface area (Å²) in [5.41, 5.74) is 2.13. The molecule has 1 aliphatic rings. The van der Waals surface area contributed by atoms with E-state index in [0.29, 0.717) is 35.9 Å². The molecule has 0 aliphatic carbocycles. The summed E-state index contributed by atoms with van der Waals surface area (Å²) >= 11 is 0. The Hall–Kier alpha value is -3.62. The number of hydrogen-bond donors (Lipinski definition) is 3. The highest BCUT2D eigenvalue weighted by Crippen LogP contribution is 2.38. The summed E-state index contributed by atoms with van der Waals surface area (Å²) in [5, 5.41) is 8.76. The lowest BCUT2D eigenvalue weighted by molar-refractivity contribution is 0.178. The number of nitrogens with one attached hydrogen (secondary N) is 3. The second kappa shape index (κ2) is 10.5. The predicted molar refractivity (Wildman–Crippen MR) is 131 cm³/mol. The summed E-state index contributed by atoms with van der Waals surface area (Å²) in [4.78, 5) is 27.6. The van der Waals surface area contributed by atoms with E-state index in [1.807, 2.05) is 45.0 Å². The normalized spacial score (nSPS) is 15.1. The third kappa shape index (κ3) is 5.84. The largest absolute Gasteiger partial charge is 0.495 e. The molecule has 9 heteroatoms. The van der Waals surface area contributed by atoms with Gasteiger partial charge in [0.1, 0.15) is 5.75 Å². The maximum atomic E-state index is 13.4. The number of ether oxygens (including phenoxy) is 3. The van der Waals surface area contributed by atoms with Crippen molar-refractivity contribution in [2.45, 2.75) is 38.8 Å². The number of fused-ring (bicyclic) bond motifs is 1. The Balaban J connectivity index is 1.91. The van der Waals surface area contributed by atoms with Crippen LogP contribution in [0.5, 0.6) is 17.2 Å². The van der Waals surface area contributed by atoms with E-state index >= 15 is 0 Å². The van der Waals surface area contributed by atoms with Crippen LogP contribution in [-0.4, -0.2) is 56.9 Å². The summed E-state index contributed by atoms with van der Waals surface area (Å²) in [6.07, 6.45) is 0.639. The van der Waals surface area contributed by atoms with Gasteiger partial charge in [0.15, 0.2) is 11.5 Å². The molecule has 0 spiro atoms. The number of rotatable bonds is 6. The van der Waals surface area contributed by atoms with Gasteiger partial charge in [-0.25, -0.2) is 9.59 Å². The van der Waals surface area contributed by atoms with E-state index in [4.69, 9.17) is 14.2 Å². The molecule has 34 heavy (non-hydrogen) atoms. The van der Waals surface area contributed by atoms with Crippen LogP contribution in [0.4, 0.5) is 15.3 Å². The van der Waals surface area contributed by atoms with Gasteiger partial charge in [-0.3, -0.25) is 0 Å². The molecule has 0 saturated carbocycles. The van der Waals surface area contributed by atoms with E-state index in [2.05, 4.69) is 16.0 Å². The number of urea groups is 2. The van der Waals surface area contributed by atoms with Gasteiger partial charge in [0.05, 0.1) is 33.1 Å². The standard InChI is InChI=1S/C25H34N4O5/c1-25(2,3)28-23(30)26-15-19-17-14-22(34-6)21(33-5)13-16(17)11-12-29(19)24(31)27-18-9-7-8-10-20(18)32-4/h7-10,13-14,19H,11-12,15H2,1-6H3,(H,27,31)(H2,26,28,30). The molecule has 1 aliphatic heterocycles. The summed E-state index contributed by atoms with van der Waals surface area (Å²) in [6, 6.07) is 10.1. The van der Waals surface area contributed by atoms with Crippen LogP contribution in [0, 0.1) is 0 Å². The molecule has 2 aromatic carbocycles. The number of carbonyl (C=O) groups excluding carboxylic acids is 2. The van der Waals surface area contributed by atoms with Crippen molar-refractivity contribution in [2.24, 2.45) is 0 Å². The van der Waals surface area contributed by atoms with Crippen LogP contribution in [0.3, 0.4) is 0 Å². The third-order valence-electron chi connectivity index (χ3n) is 5.56. The first-order valence-corrected chi connectivity index (χ1v) is 11.2. The van der Waals surface area contributed by atoms with Crippen molar-refractivity contribution in [1.29, 1.82) is 0 Å². The Morgan fingerprint density at radius 1 is 1.00 bits per heavy atom. The van der Waals surface area contributed by atoms with Crippen molar-refractivity contribution in [2.75, 3.05) is 39.7 Å². The maximum absolute atomic E-state index is 13.4. The molecule has 9 nitrogen and oxygen atoms in total. The van der Waals surface area contributed by atoms with Gasteiger partial charge in [-0.15, -0.1) is 0 Å². The average Bonchev–Trinajstić information content (AvgIpc) is 2.80. The minimum Gasteiger partial charge on any atom is -0.495 e. The molecule has 0 bridgehead atoms. The molecule has 0 aromatic heterocycles. The topological polar surface area (TPSA) is 101 Å². The van der Waals surface area contributed by atoms with Crippen molar-refractivity contribution in [3.63, 3.8) is 0 Å². The lowest BCUT2D eigenvalue weighted by Crippen LogP contribution is -2.51. The Labute approximate surface area is 200 Å². The lowest BCUT2D eigenvalue weighted by atomic mass is 9.92. The second-order valence-corrected chi connectivity index (χ2v) is 9.08. The van der Waals surface area contributed by atoms with Gasteiger partial charge in [-0.1, -0.05) is 12.1 Å². The van der Waals surface area contributed by atoms with E-state index in [9.17, 15) is 9.59 Å². The highest BCUT2D eigenvalue weighted by atomic mass is 16.5. The Morgan fingerprint density at radius 2 is 1.65 bits per heavy atom. The molecule has 1 unspecified atom stereocenters. The molecule has 4 amide bonds. The zero-order chi connectivity index (χ0) is 24.9. The van der Waals surface area contributed by atoms with Gasteiger partial charge in [0, 0.05) is 18.6 Å². The Bertz CT molecular complexity index is 1030. The Morgan fingerprint density at radius 3 is 2.29 bits per heavy atom. The van der Waals surface area contributed by atoms with Crippen LogP contribution < -0.4 is 30.2 Å². The first kappa shape index (κ1) is 25.0. The van der Waals surface area contributed by atoms with Crippen LogP contribution in [0.1, 0.15) is 37.9 Å². The number of benzene rings is 2. The van der Waals surface area contributed by atoms with E-state index in [-0.39, 0.29) is 24.1 Å². The number of nitrogens with zero attached hydrogens (tertiary/aromatic N) is 1. The van der Waals surface area contributed by atoms with Crippen molar-refractivity contribution >= 4 is 17.7 Å². The molecule has 2 aromatic rings. The van der Waals surface area contributed by atoms with Gasteiger partial charge in [-0.2, -0.15) is 0 Å². The zero-order valence-electron chi connectivity index (χ0n) is 20.7. The lowest BCUT2D eigenvalue weighted by Gasteiger charge is -2.38. The number of methoxy groups -OCH3 is 3. The SMILES string of the molecule is COc1ccccc1NC(=O)N1CCc2cc(OC)c(OC)cc2C1CNC(=O)NC(C)(C)C. The van der Waals surface area contributed by atoms with Gasteiger partial charge >= 0.3 is 12.1 Å².